The highest BCUT2D eigenvalue weighted by Gasteiger charge is 2.11. The Morgan fingerprint density at radius 3 is 2.67 bits per heavy atom. The molecule has 120 valence electrons. The Hall–Kier alpha value is -1.29. The highest BCUT2D eigenvalue weighted by atomic mass is 16.1. The van der Waals surface area contributed by atoms with E-state index in [2.05, 4.69) is 29.9 Å². The summed E-state index contributed by atoms with van der Waals surface area (Å²) in [6.45, 7) is 9.45. The molecule has 0 unspecified atom stereocenters. The summed E-state index contributed by atoms with van der Waals surface area (Å²) in [5.41, 5.74) is 4.00. The molecular formula is C17H31N3O. The van der Waals surface area contributed by atoms with Crippen LogP contribution in [0, 0.1) is 13.8 Å². The van der Waals surface area contributed by atoms with Crippen LogP contribution in [0.25, 0.3) is 0 Å². The van der Waals surface area contributed by atoms with Crippen LogP contribution in [0.4, 0.5) is 0 Å². The standard InChI is InChI=1S/C17H29N3O.H2/c1-15-13-18-17(16(15)2)7-6-10-20(14-21)12-11-19-8-4-3-5-9-19;/h13-14,18H,3-12H2,1-2H3;1H. The number of hydrogen-bond donors (Lipinski definition) is 1. The fourth-order valence-corrected chi connectivity index (χ4v) is 3.04. The molecule has 0 saturated carbocycles. The van der Waals surface area contributed by atoms with Crippen molar-refractivity contribution in [1.29, 1.82) is 0 Å². The Morgan fingerprint density at radius 1 is 1.29 bits per heavy atom. The third-order valence-electron chi connectivity index (χ3n) is 4.68. The molecule has 0 bridgehead atoms. The number of aryl methyl sites for hydroxylation is 2. The second-order valence-corrected chi connectivity index (χ2v) is 6.22. The highest BCUT2D eigenvalue weighted by Crippen LogP contribution is 2.13. The average molecular weight is 293 g/mol. The van der Waals surface area contributed by atoms with Crippen molar-refractivity contribution in [3.63, 3.8) is 0 Å². The van der Waals surface area contributed by atoms with Crippen LogP contribution in [-0.2, 0) is 11.2 Å². The summed E-state index contributed by atoms with van der Waals surface area (Å²) < 4.78 is 0. The lowest BCUT2D eigenvalue weighted by molar-refractivity contribution is -0.118. The number of hydrogen-bond acceptors (Lipinski definition) is 2. The van der Waals surface area contributed by atoms with Crippen LogP contribution < -0.4 is 0 Å². The van der Waals surface area contributed by atoms with Crippen LogP contribution in [0.15, 0.2) is 6.20 Å². The van der Waals surface area contributed by atoms with Gasteiger partial charge in [0.05, 0.1) is 0 Å². The third-order valence-corrected chi connectivity index (χ3v) is 4.68. The van der Waals surface area contributed by atoms with Crippen LogP contribution in [0.5, 0.6) is 0 Å². The van der Waals surface area contributed by atoms with E-state index in [1.807, 2.05) is 4.90 Å². The first-order valence-corrected chi connectivity index (χ1v) is 8.26. The minimum atomic E-state index is 0. The quantitative estimate of drug-likeness (QED) is 0.749. The number of H-pyrrole nitrogens is 1. The van der Waals surface area contributed by atoms with Crippen molar-refractivity contribution in [1.82, 2.24) is 14.8 Å². The minimum absolute atomic E-state index is 0. The van der Waals surface area contributed by atoms with Gasteiger partial charge in [-0.25, -0.2) is 0 Å². The van der Waals surface area contributed by atoms with Crippen LogP contribution in [0.3, 0.4) is 0 Å². The van der Waals surface area contributed by atoms with Gasteiger partial charge in [0, 0.05) is 33.0 Å². The van der Waals surface area contributed by atoms with Crippen molar-refractivity contribution >= 4 is 6.41 Å². The monoisotopic (exact) mass is 293 g/mol. The number of carbonyl (C=O) groups is 1. The molecule has 1 saturated heterocycles. The predicted octanol–water partition coefficient (Wildman–Crippen LogP) is 2.75. The van der Waals surface area contributed by atoms with Crippen molar-refractivity contribution in [3.8, 4) is 0 Å². The van der Waals surface area contributed by atoms with Gasteiger partial charge in [0.15, 0.2) is 0 Å². The van der Waals surface area contributed by atoms with Gasteiger partial charge in [-0.15, -0.1) is 0 Å². The van der Waals surface area contributed by atoms with Gasteiger partial charge in [-0.3, -0.25) is 4.79 Å². The van der Waals surface area contributed by atoms with Gasteiger partial charge in [-0.1, -0.05) is 6.42 Å². The average Bonchev–Trinajstić information content (AvgIpc) is 2.83. The molecule has 1 fully saturated rings. The second kappa shape index (κ2) is 8.23. The molecule has 0 aromatic carbocycles. The molecule has 1 amide bonds. The number of amides is 1. The first kappa shape index (κ1) is 16.1. The maximum absolute atomic E-state index is 11.2. The van der Waals surface area contributed by atoms with Crippen LogP contribution in [-0.4, -0.2) is 53.9 Å². The van der Waals surface area contributed by atoms with E-state index in [-0.39, 0.29) is 1.43 Å². The number of aromatic nitrogens is 1. The van der Waals surface area contributed by atoms with E-state index in [4.69, 9.17) is 0 Å². The molecule has 4 nitrogen and oxygen atoms in total. The molecule has 1 aliphatic rings. The SMILES string of the molecule is Cc1c[nH]c(CCCN(C=O)CCN2CCCCC2)c1C.[HH]. The Labute approximate surface area is 130 Å². The molecule has 0 spiro atoms. The van der Waals surface area contributed by atoms with Crippen molar-refractivity contribution in [2.45, 2.75) is 46.0 Å². The van der Waals surface area contributed by atoms with Gasteiger partial charge >= 0.3 is 0 Å². The molecule has 0 aliphatic carbocycles. The van der Waals surface area contributed by atoms with Gasteiger partial charge in [-0.05, 0) is 63.7 Å². The number of likely N-dealkylation sites (tertiary alicyclic amines) is 1. The molecule has 2 rings (SSSR count). The van der Waals surface area contributed by atoms with E-state index in [0.29, 0.717) is 0 Å². The van der Waals surface area contributed by atoms with Crippen LogP contribution in [0.1, 0.15) is 43.9 Å². The molecule has 0 radical (unpaired) electrons. The molecule has 1 aromatic heterocycles. The van der Waals surface area contributed by atoms with Gasteiger partial charge in [0.2, 0.25) is 6.41 Å². The Kier molecular flexibility index (Phi) is 6.30. The number of nitrogens with zero attached hydrogens (tertiary/aromatic N) is 2. The summed E-state index contributed by atoms with van der Waals surface area (Å²) in [6.07, 6.45) is 9.12. The fraction of sp³-hybridized carbons (Fsp3) is 0.706. The number of carbonyl (C=O) groups excluding carboxylic acids is 1. The van der Waals surface area contributed by atoms with E-state index in [0.717, 1.165) is 38.9 Å². The van der Waals surface area contributed by atoms with E-state index in [1.54, 1.807) is 0 Å². The van der Waals surface area contributed by atoms with Gasteiger partial charge in [0.25, 0.3) is 0 Å². The first-order valence-electron chi connectivity index (χ1n) is 8.26. The van der Waals surface area contributed by atoms with Crippen LogP contribution in [0.2, 0.25) is 0 Å². The van der Waals surface area contributed by atoms with Crippen molar-refractivity contribution in [2.75, 3.05) is 32.7 Å². The van der Waals surface area contributed by atoms with E-state index >= 15 is 0 Å². The molecule has 4 heteroatoms. The number of aromatic amines is 1. The van der Waals surface area contributed by atoms with Crippen molar-refractivity contribution in [2.24, 2.45) is 0 Å². The van der Waals surface area contributed by atoms with Gasteiger partial charge in [-0.2, -0.15) is 0 Å². The summed E-state index contributed by atoms with van der Waals surface area (Å²) in [6, 6.07) is 0. The molecule has 1 aromatic rings. The summed E-state index contributed by atoms with van der Waals surface area (Å²) in [5, 5.41) is 0. The summed E-state index contributed by atoms with van der Waals surface area (Å²) in [4.78, 5) is 18.9. The Morgan fingerprint density at radius 2 is 2.05 bits per heavy atom. The summed E-state index contributed by atoms with van der Waals surface area (Å²) in [7, 11) is 0. The maximum Gasteiger partial charge on any atom is 0.209 e. The number of piperidine rings is 1. The van der Waals surface area contributed by atoms with Crippen molar-refractivity contribution < 1.29 is 6.22 Å². The largest absolute Gasteiger partial charge is 0.364 e. The minimum Gasteiger partial charge on any atom is -0.364 e. The lowest BCUT2D eigenvalue weighted by Gasteiger charge is -2.28. The third kappa shape index (κ3) is 4.88. The Balaban J connectivity index is 0.00000242. The summed E-state index contributed by atoms with van der Waals surface area (Å²) >= 11 is 0. The zero-order valence-electron chi connectivity index (χ0n) is 13.5. The molecule has 21 heavy (non-hydrogen) atoms. The molecule has 2 heterocycles. The highest BCUT2D eigenvalue weighted by molar-refractivity contribution is 5.46. The lowest BCUT2D eigenvalue weighted by Crippen LogP contribution is -2.37. The summed E-state index contributed by atoms with van der Waals surface area (Å²) in [5.74, 6) is 0. The topological polar surface area (TPSA) is 39.3 Å². The smallest absolute Gasteiger partial charge is 0.209 e. The zero-order chi connectivity index (χ0) is 15.1. The molecular weight excluding hydrogens is 262 g/mol. The Bertz CT molecular complexity index is 441. The fourth-order valence-electron chi connectivity index (χ4n) is 3.04. The molecule has 1 aliphatic heterocycles. The van der Waals surface area contributed by atoms with E-state index in [9.17, 15) is 4.79 Å². The van der Waals surface area contributed by atoms with E-state index in [1.165, 1.54) is 49.2 Å². The van der Waals surface area contributed by atoms with Crippen LogP contribution >= 0.6 is 0 Å². The van der Waals surface area contributed by atoms with Crippen molar-refractivity contribution in [3.05, 3.63) is 23.0 Å². The second-order valence-electron chi connectivity index (χ2n) is 6.22. The lowest BCUT2D eigenvalue weighted by atomic mass is 10.1. The normalized spacial score (nSPS) is 16.1. The molecule has 1 N–H and O–H groups in total. The molecule has 0 atom stereocenters. The number of nitrogens with one attached hydrogen (secondary N) is 1. The zero-order valence-corrected chi connectivity index (χ0v) is 13.5. The predicted molar refractivity (Wildman–Crippen MR) is 88.6 cm³/mol. The maximum atomic E-state index is 11.2. The van der Waals surface area contributed by atoms with E-state index < -0.39 is 0 Å². The van der Waals surface area contributed by atoms with Gasteiger partial charge in [0.1, 0.15) is 0 Å². The first-order chi connectivity index (χ1) is 10.2. The van der Waals surface area contributed by atoms with Gasteiger partial charge < -0.3 is 14.8 Å². The number of rotatable bonds is 8.